The van der Waals surface area contributed by atoms with Crippen molar-refractivity contribution in [2.24, 2.45) is 0 Å². The molecule has 0 atom stereocenters. The SMILES string of the molecule is Cc1cc2c3c(c1)N(c1ccc4c(c1)oc1ccccc14)c1ccc(C(C)(C)C)cc1B3c1cc(C(C)(C)C)ccc1N2c1ccc(-c2cccc3c2-c2ccccc2C3(C)C)cc1. The van der Waals surface area contributed by atoms with E-state index in [4.69, 9.17) is 4.42 Å². The van der Waals surface area contributed by atoms with Crippen molar-refractivity contribution in [1.82, 2.24) is 0 Å². The van der Waals surface area contributed by atoms with Crippen LogP contribution in [-0.4, -0.2) is 6.71 Å². The lowest BCUT2D eigenvalue weighted by Gasteiger charge is -2.45. The van der Waals surface area contributed by atoms with Crippen LogP contribution in [0, 0.1) is 6.92 Å². The number of furan rings is 1. The average molecular weight is 829 g/mol. The number of hydrogen-bond acceptors (Lipinski definition) is 3. The standard InChI is InChI=1S/C60H53BN2O/c1-36-31-52-57-53(32-36)63(41-27-28-44-43-15-11-13-20-54(43)64-55(44)35-41)51-30-24-39(59(5,6)7)34-49(51)61(57)48-33-38(58(2,3)4)23-29-50(48)62(52)40-25-21-37(22-26-40)42-17-14-19-47-56(42)45-16-10-12-18-46(45)60(47,8)9/h10-35H,1-9H3. The Balaban J connectivity index is 1.09. The van der Waals surface area contributed by atoms with Gasteiger partial charge in [0.2, 0.25) is 0 Å². The Labute approximate surface area is 378 Å². The molecular formula is C60H53BN2O. The van der Waals surface area contributed by atoms with Crippen molar-refractivity contribution in [3.63, 3.8) is 0 Å². The molecule has 0 unspecified atom stereocenters. The molecule has 0 saturated heterocycles. The lowest BCUT2D eigenvalue weighted by molar-refractivity contribution is 0.590. The van der Waals surface area contributed by atoms with Crippen LogP contribution >= 0.6 is 0 Å². The minimum absolute atomic E-state index is 0.0252. The maximum atomic E-state index is 6.55. The second kappa shape index (κ2) is 13.4. The van der Waals surface area contributed by atoms with E-state index in [0.29, 0.717) is 0 Å². The Morgan fingerprint density at radius 2 is 1.05 bits per heavy atom. The van der Waals surface area contributed by atoms with Gasteiger partial charge in [0.05, 0.1) is 0 Å². The predicted molar refractivity (Wildman–Crippen MR) is 273 cm³/mol. The lowest BCUT2D eigenvalue weighted by atomic mass is 9.33. The molecule has 0 bridgehead atoms. The summed E-state index contributed by atoms with van der Waals surface area (Å²) in [5.41, 5.74) is 24.7. The molecule has 0 fully saturated rings. The first-order chi connectivity index (χ1) is 30.7. The van der Waals surface area contributed by atoms with Crippen LogP contribution in [-0.2, 0) is 16.2 Å². The van der Waals surface area contributed by atoms with Crippen molar-refractivity contribution in [2.75, 3.05) is 9.80 Å². The van der Waals surface area contributed by atoms with Crippen molar-refractivity contribution < 1.29 is 4.42 Å². The first-order valence-corrected chi connectivity index (χ1v) is 23.0. The smallest absolute Gasteiger partial charge is 0.252 e. The maximum Gasteiger partial charge on any atom is 0.252 e. The van der Waals surface area contributed by atoms with E-state index in [1.165, 1.54) is 89.2 Å². The van der Waals surface area contributed by atoms with Crippen LogP contribution < -0.4 is 26.2 Å². The number of hydrogen-bond donors (Lipinski definition) is 0. The van der Waals surface area contributed by atoms with Crippen LogP contribution in [0.3, 0.4) is 0 Å². The molecule has 3 heterocycles. The summed E-state index contributed by atoms with van der Waals surface area (Å²) in [7, 11) is 0. The first kappa shape index (κ1) is 38.9. The Bertz CT molecular complexity index is 3410. The zero-order chi connectivity index (χ0) is 44.0. The summed E-state index contributed by atoms with van der Waals surface area (Å²) >= 11 is 0. The minimum atomic E-state index is -0.0515. The van der Waals surface area contributed by atoms with E-state index in [-0.39, 0.29) is 23.0 Å². The number of rotatable bonds is 3. The zero-order valence-electron chi connectivity index (χ0n) is 38.4. The van der Waals surface area contributed by atoms with E-state index in [2.05, 4.69) is 224 Å². The van der Waals surface area contributed by atoms with E-state index in [0.717, 1.165) is 33.3 Å². The van der Waals surface area contributed by atoms with Gasteiger partial charge in [-0.15, -0.1) is 0 Å². The molecular weight excluding hydrogens is 775 g/mol. The molecule has 3 nitrogen and oxygen atoms in total. The molecule has 0 spiro atoms. The van der Waals surface area contributed by atoms with E-state index >= 15 is 0 Å². The highest BCUT2D eigenvalue weighted by atomic mass is 16.3. The van der Waals surface area contributed by atoms with Crippen LogP contribution in [0.1, 0.15) is 83.2 Å². The van der Waals surface area contributed by atoms with Gasteiger partial charge in [-0.2, -0.15) is 0 Å². The number of fused-ring (bicyclic) bond motifs is 10. The molecule has 0 saturated carbocycles. The highest BCUT2D eigenvalue weighted by Gasteiger charge is 2.44. The molecule has 1 aromatic heterocycles. The van der Waals surface area contributed by atoms with E-state index in [1.807, 2.05) is 6.07 Å². The van der Waals surface area contributed by atoms with Crippen molar-refractivity contribution >= 4 is 79.2 Å². The van der Waals surface area contributed by atoms with Crippen molar-refractivity contribution in [1.29, 1.82) is 0 Å². The minimum Gasteiger partial charge on any atom is -0.456 e. The fourth-order valence-corrected chi connectivity index (χ4v) is 11.3. The quantitative estimate of drug-likeness (QED) is 0.165. The highest BCUT2D eigenvalue weighted by molar-refractivity contribution is 7.00. The molecule has 0 N–H and O–H groups in total. The number of anilines is 6. The molecule has 0 amide bonds. The largest absolute Gasteiger partial charge is 0.456 e. The van der Waals surface area contributed by atoms with Gasteiger partial charge in [0.1, 0.15) is 11.2 Å². The van der Waals surface area contributed by atoms with E-state index < -0.39 is 0 Å². The van der Waals surface area contributed by atoms with Crippen LogP contribution in [0.2, 0.25) is 0 Å². The monoisotopic (exact) mass is 828 g/mol. The summed E-state index contributed by atoms with van der Waals surface area (Å²) in [4.78, 5) is 5.05. The van der Waals surface area contributed by atoms with Gasteiger partial charge in [0.25, 0.3) is 6.71 Å². The third-order valence-corrected chi connectivity index (χ3v) is 14.6. The topological polar surface area (TPSA) is 19.6 Å². The van der Waals surface area contributed by atoms with Gasteiger partial charge >= 0.3 is 0 Å². The second-order valence-corrected chi connectivity index (χ2v) is 21.1. The lowest BCUT2D eigenvalue weighted by Crippen LogP contribution is -2.61. The van der Waals surface area contributed by atoms with Crippen LogP contribution in [0.15, 0.2) is 162 Å². The molecule has 8 aromatic carbocycles. The first-order valence-electron chi connectivity index (χ1n) is 23.0. The van der Waals surface area contributed by atoms with Gasteiger partial charge in [-0.05, 0) is 139 Å². The molecule has 1 aliphatic carbocycles. The molecule has 0 radical (unpaired) electrons. The Morgan fingerprint density at radius 3 is 1.72 bits per heavy atom. The van der Waals surface area contributed by atoms with Crippen LogP contribution in [0.4, 0.5) is 34.1 Å². The molecule has 3 aliphatic rings. The Kier molecular flexibility index (Phi) is 8.12. The Hall–Kier alpha value is -6.78. The number of aryl methyl sites for hydroxylation is 1. The summed E-state index contributed by atoms with van der Waals surface area (Å²) in [6.45, 7) is 21.0. The number of para-hydroxylation sites is 1. The molecule has 312 valence electrons. The molecule has 64 heavy (non-hydrogen) atoms. The molecule has 9 aromatic rings. The summed E-state index contributed by atoms with van der Waals surface area (Å²) in [5.74, 6) is 0. The fraction of sp³-hybridized carbons (Fsp3) is 0.200. The predicted octanol–water partition coefficient (Wildman–Crippen LogP) is 14.5. The second-order valence-electron chi connectivity index (χ2n) is 21.1. The summed E-state index contributed by atoms with van der Waals surface area (Å²) in [6.07, 6.45) is 0. The number of nitrogens with zero attached hydrogens (tertiary/aromatic N) is 2. The van der Waals surface area contributed by atoms with Gasteiger partial charge in [0.15, 0.2) is 0 Å². The zero-order valence-corrected chi connectivity index (χ0v) is 38.4. The third-order valence-electron chi connectivity index (χ3n) is 14.6. The normalized spacial score (nSPS) is 14.7. The van der Waals surface area contributed by atoms with Gasteiger partial charge < -0.3 is 14.2 Å². The van der Waals surface area contributed by atoms with Crippen LogP contribution in [0.25, 0.3) is 44.2 Å². The fourth-order valence-electron chi connectivity index (χ4n) is 11.3. The number of benzene rings is 8. The van der Waals surface area contributed by atoms with Gasteiger partial charge in [-0.3, -0.25) is 0 Å². The van der Waals surface area contributed by atoms with Crippen molar-refractivity contribution in [3.05, 3.63) is 186 Å². The third kappa shape index (κ3) is 5.60. The summed E-state index contributed by atoms with van der Waals surface area (Å²) in [6, 6.07) is 59.7. The van der Waals surface area contributed by atoms with E-state index in [9.17, 15) is 0 Å². The van der Waals surface area contributed by atoms with Crippen molar-refractivity contribution in [2.45, 2.75) is 78.6 Å². The average Bonchev–Trinajstić information content (AvgIpc) is 3.76. The molecule has 12 rings (SSSR count). The van der Waals surface area contributed by atoms with Gasteiger partial charge in [0, 0.05) is 56.4 Å². The van der Waals surface area contributed by atoms with Gasteiger partial charge in [-0.1, -0.05) is 152 Å². The molecule has 2 aliphatic heterocycles. The van der Waals surface area contributed by atoms with Gasteiger partial charge in [-0.25, -0.2) is 0 Å². The van der Waals surface area contributed by atoms with E-state index in [1.54, 1.807) is 0 Å². The van der Waals surface area contributed by atoms with Crippen molar-refractivity contribution in [3.8, 4) is 22.3 Å². The Morgan fingerprint density at radius 1 is 0.484 bits per heavy atom. The summed E-state index contributed by atoms with van der Waals surface area (Å²) < 4.78 is 6.55. The molecule has 4 heteroatoms. The maximum absolute atomic E-state index is 6.55. The van der Waals surface area contributed by atoms with Crippen LogP contribution in [0.5, 0.6) is 0 Å². The highest BCUT2D eigenvalue weighted by Crippen LogP contribution is 2.53. The summed E-state index contributed by atoms with van der Waals surface area (Å²) in [5, 5.41) is 2.28.